The standard InChI is InChI=1S/C16H26N4OS/c1-11-10-22-16(18-11)19-5-3-14(4-6-19)15(21)20-9-13(8-17)7-12(20)2/h10,12-14H,3-9,17H2,1-2H3. The van der Waals surface area contributed by atoms with E-state index >= 15 is 0 Å². The summed E-state index contributed by atoms with van der Waals surface area (Å²) in [5, 5.41) is 3.19. The van der Waals surface area contributed by atoms with Crippen LogP contribution in [0.5, 0.6) is 0 Å². The van der Waals surface area contributed by atoms with Crippen molar-refractivity contribution in [1.29, 1.82) is 0 Å². The van der Waals surface area contributed by atoms with Crippen LogP contribution in [0, 0.1) is 18.8 Å². The maximum atomic E-state index is 12.8. The van der Waals surface area contributed by atoms with E-state index in [4.69, 9.17) is 5.73 Å². The van der Waals surface area contributed by atoms with Crippen LogP contribution >= 0.6 is 11.3 Å². The van der Waals surface area contributed by atoms with Crippen molar-refractivity contribution in [1.82, 2.24) is 9.88 Å². The number of hydrogen-bond donors (Lipinski definition) is 1. The van der Waals surface area contributed by atoms with E-state index in [-0.39, 0.29) is 5.92 Å². The van der Waals surface area contributed by atoms with E-state index in [2.05, 4.69) is 27.1 Å². The zero-order chi connectivity index (χ0) is 15.7. The summed E-state index contributed by atoms with van der Waals surface area (Å²) in [4.78, 5) is 21.7. The molecule has 2 N–H and O–H groups in total. The maximum Gasteiger partial charge on any atom is 0.226 e. The first-order chi connectivity index (χ1) is 10.6. The lowest BCUT2D eigenvalue weighted by atomic mass is 9.95. The molecule has 6 heteroatoms. The van der Waals surface area contributed by atoms with Crippen LogP contribution < -0.4 is 10.6 Å². The van der Waals surface area contributed by atoms with Crippen molar-refractivity contribution in [2.24, 2.45) is 17.6 Å². The summed E-state index contributed by atoms with van der Waals surface area (Å²) in [7, 11) is 0. The van der Waals surface area contributed by atoms with Crippen molar-refractivity contribution < 1.29 is 4.79 Å². The number of hydrogen-bond acceptors (Lipinski definition) is 5. The summed E-state index contributed by atoms with van der Waals surface area (Å²) in [6.07, 6.45) is 2.93. The normalized spacial score (nSPS) is 26.7. The van der Waals surface area contributed by atoms with Crippen molar-refractivity contribution in [2.75, 3.05) is 31.1 Å². The van der Waals surface area contributed by atoms with Gasteiger partial charge in [-0.1, -0.05) is 0 Å². The van der Waals surface area contributed by atoms with Crippen LogP contribution in [0.25, 0.3) is 0 Å². The van der Waals surface area contributed by atoms with E-state index in [0.717, 1.165) is 49.7 Å². The number of piperidine rings is 1. The van der Waals surface area contributed by atoms with Gasteiger partial charge in [0.05, 0.1) is 5.69 Å². The van der Waals surface area contributed by atoms with Crippen LogP contribution in [0.2, 0.25) is 0 Å². The van der Waals surface area contributed by atoms with E-state index in [1.807, 2.05) is 6.92 Å². The van der Waals surface area contributed by atoms with E-state index in [9.17, 15) is 4.79 Å². The summed E-state index contributed by atoms with van der Waals surface area (Å²) >= 11 is 1.70. The van der Waals surface area contributed by atoms with Gasteiger partial charge in [0.15, 0.2) is 5.13 Å². The minimum Gasteiger partial charge on any atom is -0.348 e. The topological polar surface area (TPSA) is 62.5 Å². The number of amides is 1. The Labute approximate surface area is 136 Å². The Hall–Kier alpha value is -1.14. The van der Waals surface area contributed by atoms with Crippen LogP contribution in [0.4, 0.5) is 5.13 Å². The second-order valence-corrected chi connectivity index (χ2v) is 7.55. The first-order valence-electron chi connectivity index (χ1n) is 8.26. The number of anilines is 1. The number of carbonyl (C=O) groups excluding carboxylic acids is 1. The monoisotopic (exact) mass is 322 g/mol. The lowest BCUT2D eigenvalue weighted by Crippen LogP contribution is -2.44. The van der Waals surface area contributed by atoms with Crippen molar-refractivity contribution in [3.05, 3.63) is 11.1 Å². The molecular weight excluding hydrogens is 296 g/mol. The van der Waals surface area contributed by atoms with E-state index in [0.29, 0.717) is 24.4 Å². The highest BCUT2D eigenvalue weighted by Gasteiger charge is 2.36. The molecule has 1 aromatic heterocycles. The lowest BCUT2D eigenvalue weighted by molar-refractivity contribution is -0.136. The van der Waals surface area contributed by atoms with Gasteiger partial charge in [-0.05, 0) is 45.6 Å². The number of likely N-dealkylation sites (tertiary alicyclic amines) is 1. The molecule has 2 saturated heterocycles. The van der Waals surface area contributed by atoms with Gasteiger partial charge in [0.25, 0.3) is 0 Å². The number of nitrogens with two attached hydrogens (primary N) is 1. The lowest BCUT2D eigenvalue weighted by Gasteiger charge is -2.34. The molecule has 22 heavy (non-hydrogen) atoms. The smallest absolute Gasteiger partial charge is 0.226 e. The SMILES string of the molecule is Cc1csc(N2CCC(C(=O)N3CC(CN)CC3C)CC2)n1. The van der Waals surface area contributed by atoms with Gasteiger partial charge in [-0.2, -0.15) is 0 Å². The highest BCUT2D eigenvalue weighted by atomic mass is 32.1. The van der Waals surface area contributed by atoms with Gasteiger partial charge in [-0.3, -0.25) is 4.79 Å². The Morgan fingerprint density at radius 1 is 1.45 bits per heavy atom. The van der Waals surface area contributed by atoms with Crippen molar-refractivity contribution in [3.8, 4) is 0 Å². The molecular formula is C16H26N4OS. The zero-order valence-corrected chi connectivity index (χ0v) is 14.3. The molecule has 0 aromatic carbocycles. The molecule has 2 aliphatic heterocycles. The van der Waals surface area contributed by atoms with Gasteiger partial charge >= 0.3 is 0 Å². The first kappa shape index (κ1) is 15.7. The van der Waals surface area contributed by atoms with Gasteiger partial charge < -0.3 is 15.5 Å². The fraction of sp³-hybridized carbons (Fsp3) is 0.750. The molecule has 2 unspecified atom stereocenters. The minimum absolute atomic E-state index is 0.177. The number of rotatable bonds is 3. The summed E-state index contributed by atoms with van der Waals surface area (Å²) in [5.41, 5.74) is 6.85. The molecule has 2 fully saturated rings. The van der Waals surface area contributed by atoms with Crippen molar-refractivity contribution in [2.45, 2.75) is 39.2 Å². The van der Waals surface area contributed by atoms with Crippen LogP contribution in [0.15, 0.2) is 5.38 Å². The van der Waals surface area contributed by atoms with Crippen LogP contribution in [-0.4, -0.2) is 48.0 Å². The van der Waals surface area contributed by atoms with E-state index < -0.39 is 0 Å². The van der Waals surface area contributed by atoms with E-state index in [1.165, 1.54) is 0 Å². The average Bonchev–Trinajstić information content (AvgIpc) is 3.12. The number of carbonyl (C=O) groups is 1. The molecule has 0 spiro atoms. The molecule has 1 aromatic rings. The minimum atomic E-state index is 0.177. The molecule has 0 radical (unpaired) electrons. The Morgan fingerprint density at radius 3 is 2.73 bits per heavy atom. The third-order valence-corrected chi connectivity index (χ3v) is 6.02. The van der Waals surface area contributed by atoms with Crippen LogP contribution in [-0.2, 0) is 4.79 Å². The second kappa shape index (κ2) is 6.54. The number of aryl methyl sites for hydroxylation is 1. The Kier molecular flexibility index (Phi) is 4.68. The number of nitrogens with zero attached hydrogens (tertiary/aromatic N) is 3. The molecule has 122 valence electrons. The average molecular weight is 322 g/mol. The van der Waals surface area contributed by atoms with Crippen LogP contribution in [0.3, 0.4) is 0 Å². The molecule has 0 saturated carbocycles. The summed E-state index contributed by atoms with van der Waals surface area (Å²) in [5.74, 6) is 1.01. The fourth-order valence-corrected chi connectivity index (χ4v) is 4.52. The summed E-state index contributed by atoms with van der Waals surface area (Å²) < 4.78 is 0. The molecule has 1 amide bonds. The summed E-state index contributed by atoms with van der Waals surface area (Å²) in [6, 6.07) is 0.348. The fourth-order valence-electron chi connectivity index (χ4n) is 3.66. The Bertz CT molecular complexity index is 524. The largest absolute Gasteiger partial charge is 0.348 e. The predicted molar refractivity (Wildman–Crippen MR) is 90.1 cm³/mol. The Balaban J connectivity index is 1.56. The highest BCUT2D eigenvalue weighted by molar-refractivity contribution is 7.13. The molecule has 0 bridgehead atoms. The van der Waals surface area contributed by atoms with Gasteiger partial charge in [0.1, 0.15) is 0 Å². The van der Waals surface area contributed by atoms with Gasteiger partial charge in [0.2, 0.25) is 5.91 Å². The van der Waals surface area contributed by atoms with Crippen LogP contribution in [0.1, 0.15) is 31.9 Å². The number of thiazole rings is 1. The summed E-state index contributed by atoms with van der Waals surface area (Å²) in [6.45, 7) is 7.59. The molecule has 5 nitrogen and oxygen atoms in total. The maximum absolute atomic E-state index is 12.8. The third-order valence-electron chi connectivity index (χ3n) is 5.00. The predicted octanol–water partition coefficient (Wildman–Crippen LogP) is 1.86. The number of aromatic nitrogens is 1. The quantitative estimate of drug-likeness (QED) is 0.923. The molecule has 2 atom stereocenters. The van der Waals surface area contributed by atoms with Gasteiger partial charge in [-0.15, -0.1) is 11.3 Å². The van der Waals surface area contributed by atoms with Crippen molar-refractivity contribution >= 4 is 22.4 Å². The van der Waals surface area contributed by atoms with Crippen molar-refractivity contribution in [3.63, 3.8) is 0 Å². The highest BCUT2D eigenvalue weighted by Crippen LogP contribution is 2.30. The molecule has 2 aliphatic rings. The van der Waals surface area contributed by atoms with E-state index in [1.54, 1.807) is 11.3 Å². The Morgan fingerprint density at radius 2 is 2.18 bits per heavy atom. The van der Waals surface area contributed by atoms with Gasteiger partial charge in [0, 0.05) is 37.0 Å². The molecule has 3 rings (SSSR count). The second-order valence-electron chi connectivity index (χ2n) is 6.71. The van der Waals surface area contributed by atoms with Gasteiger partial charge in [-0.25, -0.2) is 4.98 Å². The molecule has 0 aliphatic carbocycles. The zero-order valence-electron chi connectivity index (χ0n) is 13.5. The molecule has 3 heterocycles. The third kappa shape index (κ3) is 3.13. The first-order valence-corrected chi connectivity index (χ1v) is 9.14.